The van der Waals surface area contributed by atoms with Gasteiger partial charge in [0, 0.05) is 13.1 Å². The van der Waals surface area contributed by atoms with Crippen molar-refractivity contribution in [1.29, 1.82) is 0 Å². The number of unbranched alkanes of at least 4 members (excludes halogenated alkanes) is 30. The van der Waals surface area contributed by atoms with Gasteiger partial charge in [-0.3, -0.25) is 4.90 Å². The molecule has 0 aliphatic carbocycles. The van der Waals surface area contributed by atoms with Gasteiger partial charge in [-0.15, -0.1) is 0 Å². The lowest BCUT2D eigenvalue weighted by molar-refractivity contribution is 0.00391. The Morgan fingerprint density at radius 3 is 0.957 bits per heavy atom. The zero-order valence-electron chi connectivity index (χ0n) is 32.9. The standard InChI is InChI=1S/C43H90N2O2/c1-4-6-8-10-12-14-16-18-20-22-24-26-28-30-32-34-36-42(3)43(44,45(38-40-46)39-41-47)37-35-33-31-29-27-25-23-21-19-17-15-13-11-9-7-5-2/h42,46-47H,4-41,44H2,1-3H3. The van der Waals surface area contributed by atoms with E-state index in [1.807, 2.05) is 0 Å². The Kier molecular flexibility index (Phi) is 37.0. The number of nitrogens with two attached hydrogens (primary N) is 1. The summed E-state index contributed by atoms with van der Waals surface area (Å²) in [7, 11) is 0. The molecule has 0 saturated carbocycles. The topological polar surface area (TPSA) is 69.7 Å². The summed E-state index contributed by atoms with van der Waals surface area (Å²) in [6, 6.07) is 0. The molecule has 4 N–H and O–H groups in total. The Balaban J connectivity index is 4.05. The molecule has 0 amide bonds. The molecule has 4 nitrogen and oxygen atoms in total. The quantitative estimate of drug-likeness (QED) is 0.0449. The predicted octanol–water partition coefficient (Wildman–Crippen LogP) is 12.9. The first-order chi connectivity index (χ1) is 23.1. The van der Waals surface area contributed by atoms with Gasteiger partial charge in [0.2, 0.25) is 0 Å². The summed E-state index contributed by atoms with van der Waals surface area (Å²) in [6.45, 7) is 8.22. The largest absolute Gasteiger partial charge is 0.395 e. The van der Waals surface area contributed by atoms with Crippen molar-refractivity contribution in [3.05, 3.63) is 0 Å². The summed E-state index contributed by atoms with van der Waals surface area (Å²) in [5.41, 5.74) is 6.76. The monoisotopic (exact) mass is 667 g/mol. The molecule has 0 aromatic heterocycles. The van der Waals surface area contributed by atoms with Crippen LogP contribution >= 0.6 is 0 Å². The predicted molar refractivity (Wildman–Crippen MR) is 210 cm³/mol. The van der Waals surface area contributed by atoms with Crippen LogP contribution in [0.5, 0.6) is 0 Å². The van der Waals surface area contributed by atoms with Crippen molar-refractivity contribution < 1.29 is 10.2 Å². The summed E-state index contributed by atoms with van der Waals surface area (Å²) >= 11 is 0. The van der Waals surface area contributed by atoms with Crippen LogP contribution in [-0.4, -0.2) is 47.1 Å². The molecule has 284 valence electrons. The second-order valence-corrected chi connectivity index (χ2v) is 15.5. The summed E-state index contributed by atoms with van der Waals surface area (Å²) < 4.78 is 0. The Morgan fingerprint density at radius 1 is 0.426 bits per heavy atom. The third-order valence-electron chi connectivity index (χ3n) is 11.1. The van der Waals surface area contributed by atoms with E-state index in [0.29, 0.717) is 19.0 Å². The van der Waals surface area contributed by atoms with Gasteiger partial charge in [0.05, 0.1) is 18.9 Å². The molecule has 0 aliphatic rings. The van der Waals surface area contributed by atoms with Crippen LogP contribution in [0.4, 0.5) is 0 Å². The highest BCUT2D eigenvalue weighted by atomic mass is 16.3. The van der Waals surface area contributed by atoms with Crippen LogP contribution in [0, 0.1) is 5.92 Å². The van der Waals surface area contributed by atoms with E-state index in [2.05, 4.69) is 25.7 Å². The summed E-state index contributed by atoms with van der Waals surface area (Å²) in [5.74, 6) is 0.364. The minimum atomic E-state index is -0.434. The van der Waals surface area contributed by atoms with Crippen molar-refractivity contribution in [3.8, 4) is 0 Å². The highest BCUT2D eigenvalue weighted by Crippen LogP contribution is 2.30. The average Bonchev–Trinajstić information content (AvgIpc) is 3.07. The fraction of sp³-hybridized carbons (Fsp3) is 1.00. The van der Waals surface area contributed by atoms with Crippen LogP contribution in [0.2, 0.25) is 0 Å². The van der Waals surface area contributed by atoms with E-state index in [1.54, 1.807) is 0 Å². The summed E-state index contributed by atoms with van der Waals surface area (Å²) in [5, 5.41) is 19.5. The third-order valence-corrected chi connectivity index (χ3v) is 11.1. The van der Waals surface area contributed by atoms with Crippen molar-refractivity contribution in [3.63, 3.8) is 0 Å². The zero-order valence-corrected chi connectivity index (χ0v) is 32.9. The minimum Gasteiger partial charge on any atom is -0.395 e. The van der Waals surface area contributed by atoms with Crippen LogP contribution in [0.25, 0.3) is 0 Å². The van der Waals surface area contributed by atoms with E-state index in [4.69, 9.17) is 5.73 Å². The van der Waals surface area contributed by atoms with Crippen LogP contribution in [-0.2, 0) is 0 Å². The van der Waals surface area contributed by atoms with Gasteiger partial charge in [0.25, 0.3) is 0 Å². The molecule has 47 heavy (non-hydrogen) atoms. The van der Waals surface area contributed by atoms with Crippen LogP contribution in [0.15, 0.2) is 0 Å². The first-order valence-electron chi connectivity index (χ1n) is 21.8. The second kappa shape index (κ2) is 37.1. The Hall–Kier alpha value is -0.160. The molecule has 0 heterocycles. The van der Waals surface area contributed by atoms with E-state index < -0.39 is 5.66 Å². The molecule has 0 aliphatic heterocycles. The first-order valence-corrected chi connectivity index (χ1v) is 21.8. The fourth-order valence-electron chi connectivity index (χ4n) is 7.69. The van der Waals surface area contributed by atoms with Crippen molar-refractivity contribution >= 4 is 0 Å². The number of aliphatic hydroxyl groups is 2. The van der Waals surface area contributed by atoms with Crippen LogP contribution in [0.3, 0.4) is 0 Å². The SMILES string of the molecule is CCCCCCCCCCCCCCCCCCC(C)C(N)(CCCCCCCCCCCCCCCCCC)N(CCO)CCO. The molecule has 0 aromatic rings. The fourth-order valence-corrected chi connectivity index (χ4v) is 7.69. The smallest absolute Gasteiger partial charge is 0.0715 e. The maximum absolute atomic E-state index is 9.77. The van der Waals surface area contributed by atoms with Gasteiger partial charge < -0.3 is 15.9 Å². The minimum absolute atomic E-state index is 0.101. The molecule has 0 saturated heterocycles. The van der Waals surface area contributed by atoms with Crippen molar-refractivity contribution in [1.82, 2.24) is 4.90 Å². The maximum atomic E-state index is 9.77. The number of rotatable bonds is 40. The van der Waals surface area contributed by atoms with Crippen molar-refractivity contribution in [2.24, 2.45) is 11.7 Å². The van der Waals surface area contributed by atoms with E-state index >= 15 is 0 Å². The van der Waals surface area contributed by atoms with E-state index in [-0.39, 0.29) is 13.2 Å². The lowest BCUT2D eigenvalue weighted by Crippen LogP contribution is -2.61. The molecular weight excluding hydrogens is 576 g/mol. The average molecular weight is 667 g/mol. The van der Waals surface area contributed by atoms with Crippen molar-refractivity contribution in [2.45, 2.75) is 245 Å². The molecule has 0 rings (SSSR count). The normalized spacial score (nSPS) is 13.9. The lowest BCUT2D eigenvalue weighted by Gasteiger charge is -2.45. The molecule has 2 unspecified atom stereocenters. The van der Waals surface area contributed by atoms with Gasteiger partial charge in [-0.25, -0.2) is 0 Å². The summed E-state index contributed by atoms with van der Waals surface area (Å²) in [6.07, 6.45) is 46.5. The Bertz CT molecular complexity index is 582. The van der Waals surface area contributed by atoms with Gasteiger partial charge in [-0.05, 0) is 18.8 Å². The van der Waals surface area contributed by atoms with Crippen molar-refractivity contribution in [2.75, 3.05) is 26.3 Å². The Labute approximate surface area is 297 Å². The van der Waals surface area contributed by atoms with Crippen LogP contribution < -0.4 is 5.73 Å². The molecule has 0 aromatic carbocycles. The van der Waals surface area contributed by atoms with Gasteiger partial charge in [-0.2, -0.15) is 0 Å². The maximum Gasteiger partial charge on any atom is 0.0715 e. The third kappa shape index (κ3) is 29.3. The van der Waals surface area contributed by atoms with Gasteiger partial charge in [-0.1, -0.05) is 226 Å². The van der Waals surface area contributed by atoms with E-state index in [9.17, 15) is 10.2 Å². The Morgan fingerprint density at radius 2 is 0.681 bits per heavy atom. The molecule has 2 atom stereocenters. The molecule has 0 bridgehead atoms. The van der Waals surface area contributed by atoms with Gasteiger partial charge in [0.1, 0.15) is 0 Å². The van der Waals surface area contributed by atoms with E-state index in [1.165, 1.54) is 199 Å². The molecular formula is C43H90N2O2. The highest BCUT2D eigenvalue weighted by molar-refractivity contribution is 4.90. The van der Waals surface area contributed by atoms with Gasteiger partial charge >= 0.3 is 0 Å². The molecule has 0 fully saturated rings. The van der Waals surface area contributed by atoms with Crippen LogP contribution in [0.1, 0.15) is 239 Å². The first kappa shape index (κ1) is 46.8. The molecule has 0 radical (unpaired) electrons. The lowest BCUT2D eigenvalue weighted by atomic mass is 9.84. The summed E-state index contributed by atoms with van der Waals surface area (Å²) in [4.78, 5) is 2.19. The number of nitrogens with zero attached hydrogens (tertiary/aromatic N) is 1. The number of hydrogen-bond acceptors (Lipinski definition) is 4. The van der Waals surface area contributed by atoms with Gasteiger partial charge in [0.15, 0.2) is 0 Å². The molecule has 0 spiro atoms. The zero-order chi connectivity index (χ0) is 34.5. The second-order valence-electron chi connectivity index (χ2n) is 15.5. The van der Waals surface area contributed by atoms with E-state index in [0.717, 1.165) is 19.3 Å². The number of hydrogen-bond donors (Lipinski definition) is 3. The highest BCUT2D eigenvalue weighted by Gasteiger charge is 2.36. The number of aliphatic hydroxyl groups excluding tert-OH is 2. The molecule has 4 heteroatoms.